The van der Waals surface area contributed by atoms with E-state index in [4.69, 9.17) is 4.74 Å². The van der Waals surface area contributed by atoms with E-state index in [9.17, 15) is 9.90 Å². The summed E-state index contributed by atoms with van der Waals surface area (Å²) in [6, 6.07) is 8.14. The molecule has 2 heterocycles. The second-order valence-electron chi connectivity index (χ2n) is 3.75. The zero-order valence-electron chi connectivity index (χ0n) is 8.81. The van der Waals surface area contributed by atoms with E-state index in [-0.39, 0.29) is 17.3 Å². The minimum absolute atomic E-state index is 0.0812. The maximum Gasteiger partial charge on any atom is 0.232 e. The van der Waals surface area contributed by atoms with Gasteiger partial charge in [0.25, 0.3) is 0 Å². The van der Waals surface area contributed by atoms with E-state index in [1.165, 1.54) is 12.1 Å². The number of fused-ring (bicyclic) bond motifs is 1. The highest BCUT2D eigenvalue weighted by Gasteiger charge is 2.27. The normalized spacial score (nSPS) is 16.0. The van der Waals surface area contributed by atoms with Gasteiger partial charge in [-0.05, 0) is 24.3 Å². The maximum atomic E-state index is 11.9. The number of nitrogens with one attached hydrogen (secondary N) is 1. The van der Waals surface area contributed by atoms with Gasteiger partial charge in [-0.15, -0.1) is 0 Å². The molecule has 0 saturated carbocycles. The molecule has 0 amide bonds. The average Bonchev–Trinajstić information content (AvgIpc) is 2.89. The Hall–Kier alpha value is -2.49. The number of aromatic nitrogens is 1. The molecule has 0 aliphatic carbocycles. The first-order chi connectivity index (χ1) is 8.24. The summed E-state index contributed by atoms with van der Waals surface area (Å²) in [5.74, 6) is 0.563. The second kappa shape index (κ2) is 3.52. The molecule has 0 saturated heterocycles. The van der Waals surface area contributed by atoms with Crippen LogP contribution in [-0.4, -0.2) is 15.9 Å². The molecule has 17 heavy (non-hydrogen) atoms. The van der Waals surface area contributed by atoms with E-state index in [0.29, 0.717) is 11.3 Å². The fraction of sp³-hybridized carbons (Fsp3) is 0. The molecule has 4 heteroatoms. The lowest BCUT2D eigenvalue weighted by atomic mass is 10.1. The van der Waals surface area contributed by atoms with Crippen LogP contribution in [0.15, 0.2) is 42.3 Å². The topological polar surface area (TPSA) is 62.3 Å². The second-order valence-corrected chi connectivity index (χ2v) is 3.75. The van der Waals surface area contributed by atoms with Crippen molar-refractivity contribution < 1.29 is 14.6 Å². The third-order valence-corrected chi connectivity index (χ3v) is 2.56. The summed E-state index contributed by atoms with van der Waals surface area (Å²) >= 11 is 0. The van der Waals surface area contributed by atoms with Crippen molar-refractivity contribution in [3.8, 4) is 11.5 Å². The van der Waals surface area contributed by atoms with Crippen molar-refractivity contribution in [2.75, 3.05) is 0 Å². The van der Waals surface area contributed by atoms with Crippen LogP contribution in [0.5, 0.6) is 11.5 Å². The van der Waals surface area contributed by atoms with Gasteiger partial charge in [-0.3, -0.25) is 4.79 Å². The summed E-state index contributed by atoms with van der Waals surface area (Å²) in [4.78, 5) is 14.9. The molecule has 2 N–H and O–H groups in total. The van der Waals surface area contributed by atoms with E-state index < -0.39 is 0 Å². The number of ketones is 1. The first-order valence-electron chi connectivity index (χ1n) is 5.15. The third kappa shape index (κ3) is 1.59. The largest absolute Gasteiger partial charge is 0.508 e. The predicted octanol–water partition coefficient (Wildman–Crippen LogP) is 2.34. The molecule has 0 bridgehead atoms. The van der Waals surface area contributed by atoms with Crippen LogP contribution in [0, 0.1) is 0 Å². The van der Waals surface area contributed by atoms with Crippen LogP contribution >= 0.6 is 0 Å². The third-order valence-electron chi connectivity index (χ3n) is 2.56. The fourth-order valence-corrected chi connectivity index (χ4v) is 1.75. The first kappa shape index (κ1) is 9.72. The van der Waals surface area contributed by atoms with Crippen LogP contribution in [0.2, 0.25) is 0 Å². The molecule has 1 aromatic heterocycles. The Kier molecular flexibility index (Phi) is 2.01. The molecule has 0 radical (unpaired) electrons. The minimum atomic E-state index is -0.172. The molecule has 84 valence electrons. The van der Waals surface area contributed by atoms with E-state index in [1.54, 1.807) is 18.3 Å². The standard InChI is InChI=1S/C13H9NO3/c15-9-3-4-10-11(7-9)17-12(13(10)16)6-8-2-1-5-14-8/h1-7,14-15H/b12-6-. The van der Waals surface area contributed by atoms with Crippen molar-refractivity contribution in [3.05, 3.63) is 53.5 Å². The number of Topliss-reactive ketones (excluding diaryl/α,β-unsaturated/α-hetero) is 1. The van der Waals surface area contributed by atoms with Crippen LogP contribution in [0.25, 0.3) is 6.08 Å². The highest BCUT2D eigenvalue weighted by molar-refractivity contribution is 6.14. The molecular formula is C13H9NO3. The Labute approximate surface area is 97.2 Å². The number of benzene rings is 1. The van der Waals surface area contributed by atoms with Crippen molar-refractivity contribution in [3.63, 3.8) is 0 Å². The minimum Gasteiger partial charge on any atom is -0.508 e. The number of ether oxygens (including phenoxy) is 1. The van der Waals surface area contributed by atoms with Gasteiger partial charge in [0.2, 0.25) is 5.78 Å². The fourth-order valence-electron chi connectivity index (χ4n) is 1.75. The Morgan fingerprint density at radius 1 is 1.29 bits per heavy atom. The molecule has 2 aromatic rings. The number of hydrogen-bond donors (Lipinski definition) is 2. The molecule has 3 rings (SSSR count). The highest BCUT2D eigenvalue weighted by atomic mass is 16.5. The van der Waals surface area contributed by atoms with Gasteiger partial charge >= 0.3 is 0 Å². The average molecular weight is 227 g/mol. The number of hydrogen-bond acceptors (Lipinski definition) is 3. The Morgan fingerprint density at radius 3 is 2.94 bits per heavy atom. The molecule has 0 fully saturated rings. The van der Waals surface area contributed by atoms with Gasteiger partial charge in [0, 0.05) is 24.0 Å². The number of H-pyrrole nitrogens is 1. The van der Waals surface area contributed by atoms with Crippen LogP contribution in [0.4, 0.5) is 0 Å². The van der Waals surface area contributed by atoms with Gasteiger partial charge in [-0.25, -0.2) is 0 Å². The van der Waals surface area contributed by atoms with E-state index in [0.717, 1.165) is 5.69 Å². The van der Waals surface area contributed by atoms with Gasteiger partial charge in [0.15, 0.2) is 5.76 Å². The van der Waals surface area contributed by atoms with Crippen molar-refractivity contribution >= 4 is 11.9 Å². The monoisotopic (exact) mass is 227 g/mol. The van der Waals surface area contributed by atoms with Crippen molar-refractivity contribution in [1.82, 2.24) is 4.98 Å². The Bertz CT molecular complexity index is 612. The highest BCUT2D eigenvalue weighted by Crippen LogP contribution is 2.34. The predicted molar refractivity (Wildman–Crippen MR) is 61.8 cm³/mol. The quantitative estimate of drug-likeness (QED) is 0.735. The Morgan fingerprint density at radius 2 is 2.18 bits per heavy atom. The molecule has 1 aliphatic heterocycles. The smallest absolute Gasteiger partial charge is 0.232 e. The van der Waals surface area contributed by atoms with Crippen LogP contribution in [0.1, 0.15) is 16.1 Å². The van der Waals surface area contributed by atoms with Crippen molar-refractivity contribution in [2.45, 2.75) is 0 Å². The number of carbonyl (C=O) groups excluding carboxylic acids is 1. The summed E-state index contributed by atoms with van der Waals surface area (Å²) in [6.07, 6.45) is 3.41. The summed E-state index contributed by atoms with van der Waals surface area (Å²) in [5, 5.41) is 9.31. The molecule has 0 unspecified atom stereocenters. The lowest BCUT2D eigenvalue weighted by Crippen LogP contribution is -1.97. The van der Waals surface area contributed by atoms with Gasteiger partial charge < -0.3 is 14.8 Å². The number of aromatic amines is 1. The number of phenols is 1. The molecule has 0 spiro atoms. The van der Waals surface area contributed by atoms with Gasteiger partial charge in [0.1, 0.15) is 11.5 Å². The van der Waals surface area contributed by atoms with Crippen LogP contribution in [-0.2, 0) is 0 Å². The zero-order chi connectivity index (χ0) is 11.8. The zero-order valence-corrected chi connectivity index (χ0v) is 8.81. The Balaban J connectivity index is 2.02. The van der Waals surface area contributed by atoms with Gasteiger partial charge in [-0.1, -0.05) is 0 Å². The SMILES string of the molecule is O=C1/C(=C/c2ccc[nH]2)Oc2cc(O)ccc21. The molecule has 1 aliphatic rings. The van der Waals surface area contributed by atoms with Gasteiger partial charge in [-0.2, -0.15) is 0 Å². The van der Waals surface area contributed by atoms with Crippen LogP contribution in [0.3, 0.4) is 0 Å². The maximum absolute atomic E-state index is 11.9. The first-order valence-corrected chi connectivity index (χ1v) is 5.15. The van der Waals surface area contributed by atoms with Crippen molar-refractivity contribution in [1.29, 1.82) is 0 Å². The molecule has 1 aromatic carbocycles. The number of rotatable bonds is 1. The lowest BCUT2D eigenvalue weighted by molar-refractivity contribution is 0.101. The van der Waals surface area contributed by atoms with Crippen LogP contribution < -0.4 is 4.74 Å². The summed E-state index contributed by atoms with van der Waals surface area (Å²) in [7, 11) is 0. The number of phenolic OH excluding ortho intramolecular Hbond substituents is 1. The summed E-state index contributed by atoms with van der Waals surface area (Å²) in [5.41, 5.74) is 1.27. The lowest BCUT2D eigenvalue weighted by Gasteiger charge is -1.97. The number of carbonyl (C=O) groups is 1. The molecule has 0 atom stereocenters. The van der Waals surface area contributed by atoms with E-state index >= 15 is 0 Å². The van der Waals surface area contributed by atoms with E-state index in [2.05, 4.69) is 4.98 Å². The number of allylic oxidation sites excluding steroid dienone is 1. The summed E-state index contributed by atoms with van der Waals surface area (Å²) in [6.45, 7) is 0. The van der Waals surface area contributed by atoms with E-state index in [1.807, 2.05) is 12.1 Å². The molecule has 4 nitrogen and oxygen atoms in total. The molecular weight excluding hydrogens is 218 g/mol. The van der Waals surface area contributed by atoms with Gasteiger partial charge in [0.05, 0.1) is 5.56 Å². The van der Waals surface area contributed by atoms with Crippen molar-refractivity contribution in [2.24, 2.45) is 0 Å². The summed E-state index contributed by atoms with van der Waals surface area (Å²) < 4.78 is 5.40. The number of aromatic hydroxyl groups is 1.